The van der Waals surface area contributed by atoms with Gasteiger partial charge in [-0.25, -0.2) is 9.78 Å². The van der Waals surface area contributed by atoms with Crippen LogP contribution in [0.2, 0.25) is 15.1 Å². The Bertz CT molecular complexity index is 1330. The number of nitrogens with one attached hydrogen (secondary N) is 3. The Morgan fingerprint density at radius 1 is 1.03 bits per heavy atom. The molecule has 0 unspecified atom stereocenters. The number of halogens is 6. The molecule has 1 aliphatic rings. The summed E-state index contributed by atoms with van der Waals surface area (Å²) in [6, 6.07) is 6.47. The number of hydrogen-bond donors (Lipinski definition) is 4. The number of carbonyl (C=O) groups excluding carboxylic acids is 2. The Morgan fingerprint density at radius 3 is 2.18 bits per heavy atom. The first-order chi connectivity index (χ1) is 18.4. The molecule has 39 heavy (non-hydrogen) atoms. The molecule has 1 aliphatic heterocycles. The number of anilines is 3. The Morgan fingerprint density at radius 2 is 1.64 bits per heavy atom. The summed E-state index contributed by atoms with van der Waals surface area (Å²) in [7, 11) is 0. The zero-order chi connectivity index (χ0) is 28.7. The minimum absolute atomic E-state index is 0.0533. The van der Waals surface area contributed by atoms with Gasteiger partial charge in [-0.2, -0.15) is 17.5 Å². The molecule has 1 aromatic carbocycles. The lowest BCUT2D eigenvalue weighted by atomic mass is 10.2. The molecule has 4 rings (SSSR count). The van der Waals surface area contributed by atoms with Gasteiger partial charge in [0.15, 0.2) is 5.69 Å². The maximum Gasteiger partial charge on any atom is 0.490 e. The summed E-state index contributed by atoms with van der Waals surface area (Å²) < 4.78 is 35.8. The first-order valence-electron chi connectivity index (χ1n) is 10.8. The van der Waals surface area contributed by atoms with E-state index in [0.717, 1.165) is 43.4 Å². The quantitative estimate of drug-likeness (QED) is 0.310. The molecule has 17 heteroatoms. The fourth-order valence-corrected chi connectivity index (χ4v) is 4.78. The average Bonchev–Trinajstić information content (AvgIpc) is 3.32. The number of carboxylic acid groups (broad SMARTS) is 1. The van der Waals surface area contributed by atoms with Crippen molar-refractivity contribution in [3.8, 4) is 0 Å². The number of nitrogens with zero attached hydrogens (tertiary/aromatic N) is 3. The highest BCUT2D eigenvalue weighted by Gasteiger charge is 2.38. The largest absolute Gasteiger partial charge is 0.490 e. The second-order valence-corrected chi connectivity index (χ2v) is 9.55. The van der Waals surface area contributed by atoms with Gasteiger partial charge < -0.3 is 26.0 Å². The van der Waals surface area contributed by atoms with Crippen molar-refractivity contribution in [3.05, 3.63) is 62.2 Å². The number of aromatic nitrogens is 2. The molecule has 0 saturated carbocycles. The van der Waals surface area contributed by atoms with Gasteiger partial charge in [0.05, 0.1) is 33.2 Å². The predicted molar refractivity (Wildman–Crippen MR) is 143 cm³/mol. The summed E-state index contributed by atoms with van der Waals surface area (Å²) in [5.74, 6) is -3.46. The molecule has 208 valence electrons. The maximum absolute atomic E-state index is 12.7. The highest BCUT2D eigenvalue weighted by atomic mass is 35.5. The number of alkyl halides is 3. The van der Waals surface area contributed by atoms with Crippen LogP contribution in [-0.2, 0) is 4.79 Å². The van der Waals surface area contributed by atoms with Crippen LogP contribution in [0.5, 0.6) is 0 Å². The fraction of sp³-hybridized carbons (Fsp3) is 0.227. The van der Waals surface area contributed by atoms with Crippen molar-refractivity contribution < 1.29 is 32.7 Å². The van der Waals surface area contributed by atoms with Gasteiger partial charge in [0.1, 0.15) is 5.82 Å². The number of aliphatic carboxylic acids is 1. The van der Waals surface area contributed by atoms with Gasteiger partial charge in [0, 0.05) is 36.6 Å². The molecule has 1 fully saturated rings. The average molecular weight is 626 g/mol. The number of carbonyl (C=O) groups is 3. The molecule has 3 aromatic rings. The summed E-state index contributed by atoms with van der Waals surface area (Å²) >= 11 is 19.1. The molecule has 10 nitrogen and oxygen atoms in total. The van der Waals surface area contributed by atoms with E-state index in [1.54, 1.807) is 17.6 Å². The lowest BCUT2D eigenvalue weighted by Crippen LogP contribution is -2.43. The summed E-state index contributed by atoms with van der Waals surface area (Å²) in [5.41, 5.74) is 1.33. The number of amides is 2. The van der Waals surface area contributed by atoms with Gasteiger partial charge in [-0.1, -0.05) is 34.8 Å². The third-order valence-electron chi connectivity index (χ3n) is 4.98. The molecule has 0 spiro atoms. The number of pyridine rings is 1. The second kappa shape index (κ2) is 13.3. The number of carboxylic acids is 1. The van der Waals surface area contributed by atoms with Crippen molar-refractivity contribution in [1.82, 2.24) is 14.7 Å². The summed E-state index contributed by atoms with van der Waals surface area (Å²) in [6.45, 7) is 3.64. The Hall–Kier alpha value is -3.17. The molecule has 0 aliphatic carbocycles. The van der Waals surface area contributed by atoms with Crippen LogP contribution in [-0.4, -0.2) is 64.6 Å². The van der Waals surface area contributed by atoms with Crippen LogP contribution >= 0.6 is 46.3 Å². The molecule has 1 saturated heterocycles. The molecular formula is C22H18Cl3F3N6O4S. The SMILES string of the molecule is O=C(Nc1ccc(N2CCNCC2)cn1)c1nscc1NC(=O)c1c(Cl)cc(Cl)cc1Cl.O=C(O)C(F)(F)F. The zero-order valence-corrected chi connectivity index (χ0v) is 22.6. The molecular weight excluding hydrogens is 608 g/mol. The molecule has 0 radical (unpaired) electrons. The topological polar surface area (TPSA) is 137 Å². The van der Waals surface area contributed by atoms with Gasteiger partial charge >= 0.3 is 12.1 Å². The third-order valence-corrected chi connectivity index (χ3v) is 6.42. The van der Waals surface area contributed by atoms with Crippen LogP contribution in [0, 0.1) is 0 Å². The van der Waals surface area contributed by atoms with Gasteiger partial charge in [-0.3, -0.25) is 9.59 Å². The molecule has 0 atom stereocenters. The van der Waals surface area contributed by atoms with Crippen LogP contribution < -0.4 is 20.9 Å². The number of hydrogen-bond acceptors (Lipinski definition) is 8. The van der Waals surface area contributed by atoms with E-state index in [0.29, 0.717) is 10.8 Å². The van der Waals surface area contributed by atoms with E-state index in [1.807, 2.05) is 6.07 Å². The summed E-state index contributed by atoms with van der Waals surface area (Å²) in [4.78, 5) is 40.9. The van der Waals surface area contributed by atoms with Crippen molar-refractivity contribution in [3.63, 3.8) is 0 Å². The molecule has 3 heterocycles. The maximum atomic E-state index is 12.7. The lowest BCUT2D eigenvalue weighted by molar-refractivity contribution is -0.192. The highest BCUT2D eigenvalue weighted by Crippen LogP contribution is 2.30. The first kappa shape index (κ1) is 30.4. The van der Waals surface area contributed by atoms with E-state index >= 15 is 0 Å². The van der Waals surface area contributed by atoms with Crippen molar-refractivity contribution in [2.45, 2.75) is 6.18 Å². The van der Waals surface area contributed by atoms with Crippen LogP contribution in [0.1, 0.15) is 20.8 Å². The smallest absolute Gasteiger partial charge is 0.475 e. The second-order valence-electron chi connectivity index (χ2n) is 7.67. The minimum atomic E-state index is -5.08. The van der Waals surface area contributed by atoms with Crippen molar-refractivity contribution in [2.24, 2.45) is 0 Å². The van der Waals surface area contributed by atoms with E-state index in [9.17, 15) is 22.8 Å². The predicted octanol–water partition coefficient (Wildman–Crippen LogP) is 5.05. The molecule has 0 bridgehead atoms. The van der Waals surface area contributed by atoms with Gasteiger partial charge in [0.25, 0.3) is 11.8 Å². The monoisotopic (exact) mass is 624 g/mol. The molecule has 2 amide bonds. The normalized spacial score (nSPS) is 13.2. The van der Waals surface area contributed by atoms with Gasteiger partial charge in [-0.15, -0.1) is 0 Å². The first-order valence-corrected chi connectivity index (χ1v) is 12.8. The van der Waals surface area contributed by atoms with Crippen molar-refractivity contribution >= 4 is 81.3 Å². The van der Waals surface area contributed by atoms with E-state index in [2.05, 4.69) is 30.2 Å². The van der Waals surface area contributed by atoms with E-state index in [4.69, 9.17) is 44.7 Å². The summed E-state index contributed by atoms with van der Waals surface area (Å²) in [5, 5.41) is 17.8. The van der Waals surface area contributed by atoms with Crippen molar-refractivity contribution in [1.29, 1.82) is 0 Å². The van der Waals surface area contributed by atoms with E-state index < -0.39 is 24.0 Å². The zero-order valence-electron chi connectivity index (χ0n) is 19.5. The Balaban J connectivity index is 0.000000532. The van der Waals surface area contributed by atoms with Crippen LogP contribution in [0.3, 0.4) is 0 Å². The van der Waals surface area contributed by atoms with E-state index in [1.165, 1.54) is 12.1 Å². The minimum Gasteiger partial charge on any atom is -0.475 e. The van der Waals surface area contributed by atoms with E-state index in [-0.39, 0.29) is 27.0 Å². The van der Waals surface area contributed by atoms with Crippen LogP contribution in [0.4, 0.5) is 30.4 Å². The highest BCUT2D eigenvalue weighted by molar-refractivity contribution is 7.04. The van der Waals surface area contributed by atoms with Crippen LogP contribution in [0.25, 0.3) is 0 Å². The van der Waals surface area contributed by atoms with Crippen molar-refractivity contribution in [2.75, 3.05) is 41.7 Å². The lowest BCUT2D eigenvalue weighted by Gasteiger charge is -2.29. The molecule has 2 aromatic heterocycles. The fourth-order valence-electron chi connectivity index (χ4n) is 3.18. The Labute approximate surface area is 238 Å². The standard InChI is InChI=1S/C20H17Cl3N6O2S.C2HF3O2/c21-11-7-13(22)17(14(23)8-11)19(30)26-15-10-32-28-18(15)20(31)27-16-2-1-12(9-25-16)29-5-3-24-4-6-29;3-2(4,5)1(6)7/h1-2,7-10,24H,3-6H2,(H,26,30)(H,25,27,31);(H,6,7). The number of rotatable bonds is 5. The number of benzene rings is 1. The molecule has 4 N–H and O–H groups in total. The van der Waals surface area contributed by atoms with Crippen LogP contribution in [0.15, 0.2) is 35.8 Å². The number of piperazine rings is 1. The van der Waals surface area contributed by atoms with Gasteiger partial charge in [0.2, 0.25) is 0 Å². The Kier molecular flexibility index (Phi) is 10.3. The third kappa shape index (κ3) is 8.41. The van der Waals surface area contributed by atoms with Gasteiger partial charge in [-0.05, 0) is 35.8 Å². The summed E-state index contributed by atoms with van der Waals surface area (Å²) in [6.07, 6.45) is -3.37.